The van der Waals surface area contributed by atoms with E-state index in [1.54, 1.807) is 0 Å². The number of nitrogen functional groups attached to an aromatic ring is 1. The van der Waals surface area contributed by atoms with E-state index >= 15 is 0 Å². The van der Waals surface area contributed by atoms with Gasteiger partial charge in [-0.1, -0.05) is 40.5 Å². The summed E-state index contributed by atoms with van der Waals surface area (Å²) in [6.07, 6.45) is 0. The Hall–Kier alpha value is -3.02. The lowest BCUT2D eigenvalue weighted by Crippen LogP contribution is -1.94. The van der Waals surface area contributed by atoms with E-state index in [0.29, 0.717) is 11.4 Å². The molecule has 0 atom stereocenters. The minimum absolute atomic E-state index is 0.00830. The van der Waals surface area contributed by atoms with Crippen LogP contribution in [0.3, 0.4) is 0 Å². The first-order valence-corrected chi connectivity index (χ1v) is 5.99. The minimum Gasteiger partial charge on any atom is -0.455 e. The number of hydrogen-bond donors (Lipinski definition) is 2. The van der Waals surface area contributed by atoms with Crippen LogP contribution in [0, 0.1) is 0 Å². The van der Waals surface area contributed by atoms with Crippen LogP contribution in [0.2, 0.25) is 0 Å². The van der Waals surface area contributed by atoms with E-state index in [1.807, 2.05) is 54.6 Å². The number of nitrogens with two attached hydrogens (primary N) is 1. The van der Waals surface area contributed by atoms with Gasteiger partial charge in [-0.15, -0.1) is 0 Å². The van der Waals surface area contributed by atoms with Crippen LogP contribution in [0.4, 0.5) is 17.7 Å². The van der Waals surface area contributed by atoms with Gasteiger partial charge in [0.25, 0.3) is 0 Å². The van der Waals surface area contributed by atoms with E-state index in [0.717, 1.165) is 5.75 Å². The number of rotatable bonds is 4. The van der Waals surface area contributed by atoms with E-state index in [1.165, 1.54) is 0 Å². The van der Waals surface area contributed by atoms with Crippen LogP contribution in [-0.2, 0) is 0 Å². The molecule has 1 heterocycles. The first-order chi connectivity index (χ1) is 9.81. The molecule has 6 heteroatoms. The van der Waals surface area contributed by atoms with Crippen LogP contribution in [0.1, 0.15) is 0 Å². The fraction of sp³-hybridized carbons (Fsp3) is 0. The summed E-state index contributed by atoms with van der Waals surface area (Å²) < 4.78 is 10.9. The molecule has 0 aliphatic carbocycles. The van der Waals surface area contributed by atoms with Crippen molar-refractivity contribution in [3.8, 4) is 11.5 Å². The molecule has 2 aromatic carbocycles. The van der Waals surface area contributed by atoms with E-state index in [4.69, 9.17) is 14.9 Å². The van der Waals surface area contributed by atoms with Crippen LogP contribution in [0.15, 0.2) is 59.0 Å². The lowest BCUT2D eigenvalue weighted by atomic mass is 10.3. The number of aromatic nitrogens is 2. The van der Waals surface area contributed by atoms with Gasteiger partial charge in [0.15, 0.2) is 5.75 Å². The summed E-state index contributed by atoms with van der Waals surface area (Å²) in [7, 11) is 0. The highest BCUT2D eigenvalue weighted by atomic mass is 16.5. The standard InChI is InChI=1S/C14H12N4O2/c15-13-17-18-14(20-13)16-11-8-4-5-9-12(11)19-10-6-2-1-3-7-10/h1-9H,(H2,15,17)(H,16,18). The second-order valence-corrected chi connectivity index (χ2v) is 3.98. The number of para-hydroxylation sites is 3. The lowest BCUT2D eigenvalue weighted by molar-refractivity contribution is 0.484. The molecule has 0 aliphatic rings. The van der Waals surface area contributed by atoms with Gasteiger partial charge < -0.3 is 20.2 Å². The highest BCUT2D eigenvalue weighted by molar-refractivity contribution is 5.62. The van der Waals surface area contributed by atoms with Gasteiger partial charge in [-0.25, -0.2) is 0 Å². The average Bonchev–Trinajstić information content (AvgIpc) is 2.88. The fourth-order valence-corrected chi connectivity index (χ4v) is 1.67. The van der Waals surface area contributed by atoms with Gasteiger partial charge in [0.2, 0.25) is 0 Å². The summed E-state index contributed by atoms with van der Waals surface area (Å²) in [4.78, 5) is 0. The fourth-order valence-electron chi connectivity index (χ4n) is 1.67. The quantitative estimate of drug-likeness (QED) is 0.755. The Labute approximate surface area is 115 Å². The second kappa shape index (κ2) is 5.31. The molecule has 1 aromatic heterocycles. The predicted octanol–water partition coefficient (Wildman–Crippen LogP) is 3.19. The van der Waals surface area contributed by atoms with E-state index in [-0.39, 0.29) is 12.0 Å². The molecule has 100 valence electrons. The Bertz CT molecular complexity index is 697. The first kappa shape index (κ1) is 12.0. The van der Waals surface area contributed by atoms with Crippen LogP contribution in [0.25, 0.3) is 0 Å². The number of nitrogens with one attached hydrogen (secondary N) is 1. The Morgan fingerprint density at radius 1 is 0.950 bits per heavy atom. The summed E-state index contributed by atoms with van der Waals surface area (Å²) in [5, 5.41) is 10.3. The normalized spacial score (nSPS) is 10.2. The maximum absolute atomic E-state index is 5.80. The number of benzene rings is 2. The molecule has 6 nitrogen and oxygen atoms in total. The maximum Gasteiger partial charge on any atom is 0.321 e. The Morgan fingerprint density at radius 3 is 2.45 bits per heavy atom. The van der Waals surface area contributed by atoms with Crippen LogP contribution in [-0.4, -0.2) is 10.2 Å². The molecule has 0 spiro atoms. The zero-order valence-electron chi connectivity index (χ0n) is 10.5. The smallest absolute Gasteiger partial charge is 0.321 e. The summed E-state index contributed by atoms with van der Waals surface area (Å²) in [5.41, 5.74) is 6.09. The molecule has 20 heavy (non-hydrogen) atoms. The van der Waals surface area contributed by atoms with Crippen molar-refractivity contribution in [2.75, 3.05) is 11.1 Å². The predicted molar refractivity (Wildman–Crippen MR) is 75.0 cm³/mol. The van der Waals surface area contributed by atoms with Gasteiger partial charge in [-0.2, -0.15) is 0 Å². The highest BCUT2D eigenvalue weighted by Crippen LogP contribution is 2.31. The van der Waals surface area contributed by atoms with Crippen molar-refractivity contribution in [3.05, 3.63) is 54.6 Å². The third kappa shape index (κ3) is 2.69. The molecule has 3 aromatic rings. The largest absolute Gasteiger partial charge is 0.455 e. The van der Waals surface area contributed by atoms with Crippen molar-refractivity contribution in [2.45, 2.75) is 0 Å². The van der Waals surface area contributed by atoms with Gasteiger partial charge in [-0.05, 0) is 24.3 Å². The molecule has 0 fully saturated rings. The zero-order chi connectivity index (χ0) is 13.8. The molecular weight excluding hydrogens is 256 g/mol. The first-order valence-electron chi connectivity index (χ1n) is 5.99. The number of hydrogen-bond acceptors (Lipinski definition) is 6. The Balaban J connectivity index is 1.84. The molecule has 0 saturated heterocycles. The van der Waals surface area contributed by atoms with E-state index in [2.05, 4.69) is 15.5 Å². The summed E-state index contributed by atoms with van der Waals surface area (Å²) >= 11 is 0. The van der Waals surface area contributed by atoms with Crippen molar-refractivity contribution in [1.29, 1.82) is 0 Å². The molecule has 3 rings (SSSR count). The van der Waals surface area contributed by atoms with Crippen LogP contribution in [0.5, 0.6) is 11.5 Å². The van der Waals surface area contributed by atoms with E-state index < -0.39 is 0 Å². The third-order valence-corrected chi connectivity index (χ3v) is 2.54. The van der Waals surface area contributed by atoms with Crippen LogP contribution < -0.4 is 15.8 Å². The summed E-state index contributed by atoms with van der Waals surface area (Å²) in [5.74, 6) is 1.39. The van der Waals surface area contributed by atoms with Gasteiger partial charge in [0.1, 0.15) is 5.75 Å². The molecule has 0 bridgehead atoms. The molecule has 0 unspecified atom stereocenters. The summed E-state index contributed by atoms with van der Waals surface area (Å²) in [6.45, 7) is 0. The summed E-state index contributed by atoms with van der Waals surface area (Å²) in [6, 6.07) is 17.2. The molecule has 3 N–H and O–H groups in total. The molecule has 0 aliphatic heterocycles. The Morgan fingerprint density at radius 2 is 1.70 bits per heavy atom. The molecule has 0 radical (unpaired) electrons. The average molecular weight is 268 g/mol. The van der Waals surface area contributed by atoms with Gasteiger partial charge in [0, 0.05) is 0 Å². The van der Waals surface area contributed by atoms with Crippen molar-refractivity contribution in [3.63, 3.8) is 0 Å². The van der Waals surface area contributed by atoms with Gasteiger partial charge in [-0.3, -0.25) is 0 Å². The molecule has 0 saturated carbocycles. The molecular formula is C14H12N4O2. The van der Waals surface area contributed by atoms with Crippen molar-refractivity contribution in [2.24, 2.45) is 0 Å². The topological polar surface area (TPSA) is 86.2 Å². The van der Waals surface area contributed by atoms with Crippen molar-refractivity contribution >= 4 is 17.7 Å². The highest BCUT2D eigenvalue weighted by Gasteiger charge is 2.08. The van der Waals surface area contributed by atoms with Gasteiger partial charge in [0.05, 0.1) is 5.69 Å². The molecule has 0 amide bonds. The van der Waals surface area contributed by atoms with E-state index in [9.17, 15) is 0 Å². The second-order valence-electron chi connectivity index (χ2n) is 3.98. The van der Waals surface area contributed by atoms with Gasteiger partial charge >= 0.3 is 12.0 Å². The minimum atomic E-state index is 0.00830. The maximum atomic E-state index is 5.80. The lowest BCUT2D eigenvalue weighted by Gasteiger charge is -2.10. The zero-order valence-corrected chi connectivity index (χ0v) is 10.5. The Kier molecular flexibility index (Phi) is 3.20. The number of anilines is 3. The number of nitrogens with zero attached hydrogens (tertiary/aromatic N) is 2. The SMILES string of the molecule is Nc1nnc(Nc2ccccc2Oc2ccccc2)o1. The monoisotopic (exact) mass is 268 g/mol. The van der Waals surface area contributed by atoms with Crippen LogP contribution >= 0.6 is 0 Å². The number of ether oxygens (including phenoxy) is 1. The van der Waals surface area contributed by atoms with Crippen molar-refractivity contribution < 1.29 is 9.15 Å². The van der Waals surface area contributed by atoms with Crippen molar-refractivity contribution in [1.82, 2.24) is 10.2 Å². The third-order valence-electron chi connectivity index (χ3n) is 2.54.